The number of fused-ring (bicyclic) bond motifs is 1. The number of sulfonamides is 1. The number of nitrogens with one attached hydrogen (secondary N) is 4. The average molecular weight is 750 g/mol. The van der Waals surface area contributed by atoms with Crippen LogP contribution >= 0.6 is 11.6 Å². The number of para-hydroxylation sites is 2. The van der Waals surface area contributed by atoms with Gasteiger partial charge in [-0.1, -0.05) is 123 Å². The second-order valence-corrected chi connectivity index (χ2v) is 17.9. The van der Waals surface area contributed by atoms with Crippen molar-refractivity contribution in [2.75, 3.05) is 17.7 Å². The summed E-state index contributed by atoms with van der Waals surface area (Å²) in [5.74, 6) is -0.0793. The van der Waals surface area contributed by atoms with Gasteiger partial charge in [-0.3, -0.25) is 14.7 Å². The number of carbonyl (C=O) groups excluding carboxylic acids is 2. The van der Waals surface area contributed by atoms with Gasteiger partial charge in [0.2, 0.25) is 15.9 Å². The van der Waals surface area contributed by atoms with Gasteiger partial charge in [0.1, 0.15) is 10.8 Å². The summed E-state index contributed by atoms with van der Waals surface area (Å²) in [4.78, 5) is 26.2. The first-order chi connectivity index (χ1) is 23.8. The van der Waals surface area contributed by atoms with Gasteiger partial charge in [-0.15, -0.1) is 10.2 Å². The van der Waals surface area contributed by atoms with Crippen molar-refractivity contribution < 1.29 is 22.7 Å². The molecule has 0 radical (unpaired) electrons. The van der Waals surface area contributed by atoms with E-state index in [2.05, 4.69) is 58.3 Å². The van der Waals surface area contributed by atoms with E-state index in [9.17, 15) is 18.0 Å². The molecule has 4 N–H and O–H groups in total. The number of halogens is 1. The molecule has 1 atom stereocenters. The SMILES string of the molecule is CCCCCCCCCCCCS(=O)(=O)NC(C)C(=O)Nc1ccccc1OCC(=O)NC(C)(C)C(C)(C)c1nnc2c(Cl)c(C(C)(C)C)[nH]n12. The number of anilines is 1. The molecule has 14 heteroatoms. The number of hydrogen-bond acceptors (Lipinski definition) is 7. The van der Waals surface area contributed by atoms with E-state index in [1.165, 1.54) is 45.4 Å². The summed E-state index contributed by atoms with van der Waals surface area (Å²) in [7, 11) is -3.64. The Balaban J connectivity index is 1.52. The third-order valence-corrected chi connectivity index (χ3v) is 11.5. The van der Waals surface area contributed by atoms with Crippen LogP contribution in [0.5, 0.6) is 5.75 Å². The summed E-state index contributed by atoms with van der Waals surface area (Å²) in [6.07, 6.45) is 11.0. The number of H-pyrrole nitrogens is 1. The lowest BCUT2D eigenvalue weighted by molar-refractivity contribution is -0.125. The molecule has 0 fully saturated rings. The maximum absolute atomic E-state index is 13.2. The molecule has 3 aromatic rings. The molecule has 2 heterocycles. The normalized spacial score (nSPS) is 13.4. The third kappa shape index (κ3) is 11.7. The van der Waals surface area contributed by atoms with Crippen LogP contribution in [0.25, 0.3) is 5.65 Å². The zero-order valence-corrected chi connectivity index (χ0v) is 33.6. The number of amides is 2. The number of carbonyl (C=O) groups is 2. The fraction of sp³-hybridized carbons (Fsp3) is 0.676. The van der Waals surface area contributed by atoms with Crippen LogP contribution in [0.2, 0.25) is 5.02 Å². The molecule has 1 unspecified atom stereocenters. The molecule has 0 bridgehead atoms. The van der Waals surface area contributed by atoms with Gasteiger partial charge >= 0.3 is 0 Å². The second-order valence-electron chi connectivity index (χ2n) is 15.6. The first-order valence-electron chi connectivity index (χ1n) is 18.3. The summed E-state index contributed by atoms with van der Waals surface area (Å²) in [6, 6.07) is 5.69. The molecule has 0 saturated heterocycles. The van der Waals surface area contributed by atoms with E-state index in [0.29, 0.717) is 28.6 Å². The highest BCUT2D eigenvalue weighted by molar-refractivity contribution is 7.89. The van der Waals surface area contributed by atoms with E-state index in [0.717, 1.165) is 25.0 Å². The van der Waals surface area contributed by atoms with Crippen molar-refractivity contribution in [1.29, 1.82) is 0 Å². The van der Waals surface area contributed by atoms with E-state index >= 15 is 0 Å². The minimum absolute atomic E-state index is 0.0260. The Bertz CT molecular complexity index is 1710. The molecule has 0 aliphatic rings. The van der Waals surface area contributed by atoms with E-state index in [-0.39, 0.29) is 29.4 Å². The number of hydrogen-bond donors (Lipinski definition) is 4. The topological polar surface area (TPSA) is 160 Å². The highest BCUT2D eigenvalue weighted by Crippen LogP contribution is 2.37. The zero-order valence-electron chi connectivity index (χ0n) is 32.0. The summed E-state index contributed by atoms with van der Waals surface area (Å²) in [5.41, 5.74) is -0.0969. The molecule has 1 aromatic carbocycles. The molecule has 12 nitrogen and oxygen atoms in total. The smallest absolute Gasteiger partial charge is 0.258 e. The second kappa shape index (κ2) is 18.1. The van der Waals surface area contributed by atoms with Crippen molar-refractivity contribution in [1.82, 2.24) is 29.9 Å². The Morgan fingerprint density at radius 3 is 2.12 bits per heavy atom. The van der Waals surface area contributed by atoms with Crippen LogP contribution in [0.15, 0.2) is 24.3 Å². The van der Waals surface area contributed by atoms with Crippen LogP contribution in [0, 0.1) is 0 Å². The molecule has 0 aliphatic carbocycles. The van der Waals surface area contributed by atoms with Crippen molar-refractivity contribution in [3.05, 3.63) is 40.8 Å². The standard InChI is InChI=1S/C37H60ClN7O5S/c1-10-11-12-13-14-15-16-17-18-21-24-51(48,49)44-26(2)33(47)39-27-22-19-20-23-28(27)50-25-29(46)40-37(8,9)36(6,7)34-42-41-32-30(38)31(35(3,4)5)43-45(32)34/h19-20,22-23,26,43-44H,10-18,21,24-25H2,1-9H3,(H,39,47)(H,40,46). The number of nitrogens with zero attached hydrogens (tertiary/aromatic N) is 3. The molecular formula is C37H60ClN7O5S. The average Bonchev–Trinajstić information content (AvgIpc) is 3.61. The highest BCUT2D eigenvalue weighted by Gasteiger charge is 2.44. The van der Waals surface area contributed by atoms with E-state index in [4.69, 9.17) is 16.3 Å². The maximum atomic E-state index is 13.2. The Labute approximate surface area is 309 Å². The summed E-state index contributed by atoms with van der Waals surface area (Å²) < 4.78 is 35.5. The van der Waals surface area contributed by atoms with Crippen LogP contribution in [-0.2, 0) is 30.4 Å². The molecule has 2 aromatic heterocycles. The minimum Gasteiger partial charge on any atom is -0.482 e. The molecular weight excluding hydrogens is 690 g/mol. The molecule has 51 heavy (non-hydrogen) atoms. The molecule has 0 saturated carbocycles. The number of aromatic amines is 1. The van der Waals surface area contributed by atoms with Gasteiger partial charge in [-0.25, -0.2) is 17.7 Å². The van der Waals surface area contributed by atoms with Gasteiger partial charge < -0.3 is 15.4 Å². The number of ether oxygens (including phenoxy) is 1. The lowest BCUT2D eigenvalue weighted by atomic mass is 9.73. The largest absolute Gasteiger partial charge is 0.482 e. The van der Waals surface area contributed by atoms with Crippen LogP contribution in [0.4, 0.5) is 5.69 Å². The number of benzene rings is 1. The summed E-state index contributed by atoms with van der Waals surface area (Å²) >= 11 is 6.64. The van der Waals surface area contributed by atoms with Gasteiger partial charge in [-0.05, 0) is 39.3 Å². The van der Waals surface area contributed by atoms with Gasteiger partial charge in [0.25, 0.3) is 5.91 Å². The molecule has 0 aliphatic heterocycles. The predicted octanol–water partition coefficient (Wildman–Crippen LogP) is 7.43. The fourth-order valence-electron chi connectivity index (χ4n) is 5.77. The zero-order chi connectivity index (χ0) is 38.0. The van der Waals surface area contributed by atoms with Crippen LogP contribution in [-0.4, -0.2) is 64.0 Å². The maximum Gasteiger partial charge on any atom is 0.258 e. The van der Waals surface area contributed by atoms with Gasteiger partial charge in [0.15, 0.2) is 18.1 Å². The number of rotatable bonds is 21. The van der Waals surface area contributed by atoms with Crippen molar-refractivity contribution in [3.63, 3.8) is 0 Å². The lowest BCUT2D eigenvalue weighted by Gasteiger charge is -2.40. The fourth-order valence-corrected chi connectivity index (χ4v) is 7.56. The van der Waals surface area contributed by atoms with Crippen molar-refractivity contribution in [3.8, 4) is 5.75 Å². The minimum atomic E-state index is -3.64. The van der Waals surface area contributed by atoms with Gasteiger partial charge in [-0.2, -0.15) is 0 Å². The number of unbranched alkanes of at least 4 members (excludes halogenated alkanes) is 9. The Kier molecular flexibility index (Phi) is 15.0. The predicted molar refractivity (Wildman–Crippen MR) is 205 cm³/mol. The first kappa shape index (κ1) is 42.3. The third-order valence-electron chi connectivity index (χ3n) is 9.65. The van der Waals surface area contributed by atoms with Crippen LogP contribution < -0.4 is 20.1 Å². The van der Waals surface area contributed by atoms with Crippen molar-refractivity contribution >= 4 is 44.8 Å². The van der Waals surface area contributed by atoms with Gasteiger partial charge in [0.05, 0.1) is 23.2 Å². The summed E-state index contributed by atoms with van der Waals surface area (Å²) in [5, 5.41) is 18.4. The molecule has 286 valence electrons. The van der Waals surface area contributed by atoms with Crippen LogP contribution in [0.3, 0.4) is 0 Å². The van der Waals surface area contributed by atoms with E-state index in [1.807, 2.05) is 27.7 Å². The van der Waals surface area contributed by atoms with E-state index < -0.39 is 32.9 Å². The number of aromatic nitrogens is 4. The quantitative estimate of drug-likeness (QED) is 0.0825. The molecule has 0 spiro atoms. The molecule has 3 rings (SSSR count). The Morgan fingerprint density at radius 1 is 0.922 bits per heavy atom. The Morgan fingerprint density at radius 2 is 1.51 bits per heavy atom. The van der Waals surface area contributed by atoms with Gasteiger partial charge in [0, 0.05) is 16.4 Å². The lowest BCUT2D eigenvalue weighted by Crippen LogP contribution is -2.57. The molecule has 2 amide bonds. The monoisotopic (exact) mass is 749 g/mol. The van der Waals surface area contributed by atoms with E-state index in [1.54, 1.807) is 28.8 Å². The van der Waals surface area contributed by atoms with Crippen molar-refractivity contribution in [2.24, 2.45) is 0 Å². The Hall–Kier alpha value is -3.16. The summed E-state index contributed by atoms with van der Waals surface area (Å²) in [6.45, 7) is 17.3. The van der Waals surface area contributed by atoms with Crippen molar-refractivity contribution in [2.45, 2.75) is 149 Å². The van der Waals surface area contributed by atoms with Crippen LogP contribution in [0.1, 0.15) is 138 Å². The first-order valence-corrected chi connectivity index (χ1v) is 20.3. The highest BCUT2D eigenvalue weighted by atomic mass is 35.5.